The number of rotatable bonds is 13. The molecule has 1 heterocycles. The maximum absolute atomic E-state index is 13.5. The molecule has 198 valence electrons. The smallest absolute Gasteiger partial charge is 0.322 e. The molecule has 0 atom stereocenters. The van der Waals surface area contributed by atoms with Crippen LogP contribution in [0, 0.1) is 6.92 Å². The molecule has 0 fully saturated rings. The molecule has 2 aromatic carbocycles. The van der Waals surface area contributed by atoms with Crippen molar-refractivity contribution < 1.29 is 28.2 Å². The van der Waals surface area contributed by atoms with Gasteiger partial charge in [-0.1, -0.05) is 18.2 Å². The van der Waals surface area contributed by atoms with E-state index in [1.807, 2.05) is 55.5 Å². The molecule has 0 spiro atoms. The van der Waals surface area contributed by atoms with Gasteiger partial charge in [-0.05, 0) is 60.9 Å². The molecule has 0 saturated heterocycles. The number of hydrogen-bond donors (Lipinski definition) is 1. The van der Waals surface area contributed by atoms with Gasteiger partial charge in [-0.2, -0.15) is 0 Å². The number of methoxy groups -OCH3 is 3. The largest absolute Gasteiger partial charge is 0.493 e. The summed E-state index contributed by atoms with van der Waals surface area (Å²) in [4.78, 5) is 29.7. The molecule has 0 aliphatic carbocycles. The molecule has 9 heteroatoms. The number of carbonyl (C=O) groups excluding carboxylic acids is 2. The van der Waals surface area contributed by atoms with Crippen LogP contribution in [0.1, 0.15) is 16.9 Å². The van der Waals surface area contributed by atoms with E-state index in [1.165, 1.54) is 4.90 Å². The Morgan fingerprint density at radius 1 is 0.919 bits per heavy atom. The third kappa shape index (κ3) is 8.28. The summed E-state index contributed by atoms with van der Waals surface area (Å²) in [5.41, 5.74) is 2.68. The summed E-state index contributed by atoms with van der Waals surface area (Å²) in [6.07, 6.45) is 2.16. The second kappa shape index (κ2) is 13.9. The Morgan fingerprint density at radius 3 is 2.41 bits per heavy atom. The molecule has 0 bridgehead atoms. The highest BCUT2D eigenvalue weighted by Gasteiger charge is 2.22. The quantitative estimate of drug-likeness (QED) is 0.368. The van der Waals surface area contributed by atoms with Gasteiger partial charge in [-0.3, -0.25) is 4.79 Å². The van der Waals surface area contributed by atoms with Crippen molar-refractivity contribution in [3.63, 3.8) is 0 Å². The van der Waals surface area contributed by atoms with Crippen molar-refractivity contribution in [3.8, 4) is 11.5 Å². The summed E-state index contributed by atoms with van der Waals surface area (Å²) in [6.45, 7) is 3.13. The van der Waals surface area contributed by atoms with E-state index in [-0.39, 0.29) is 31.6 Å². The second-order valence-corrected chi connectivity index (χ2v) is 8.55. The van der Waals surface area contributed by atoms with Crippen LogP contribution < -0.4 is 14.8 Å². The van der Waals surface area contributed by atoms with Gasteiger partial charge in [0, 0.05) is 25.9 Å². The number of hydrogen-bond acceptors (Lipinski definition) is 6. The number of amides is 3. The van der Waals surface area contributed by atoms with E-state index in [4.69, 9.17) is 18.6 Å². The number of benzene rings is 2. The molecule has 0 aliphatic rings. The maximum atomic E-state index is 13.5. The van der Waals surface area contributed by atoms with Crippen LogP contribution in [0.4, 0.5) is 10.5 Å². The Labute approximate surface area is 217 Å². The summed E-state index contributed by atoms with van der Waals surface area (Å²) in [7, 11) is 4.74. The molecule has 0 radical (unpaired) electrons. The molecule has 3 rings (SSSR count). The van der Waals surface area contributed by atoms with Gasteiger partial charge in [-0.25, -0.2) is 4.79 Å². The molecule has 0 saturated carbocycles. The Balaban J connectivity index is 1.73. The van der Waals surface area contributed by atoms with Crippen molar-refractivity contribution in [2.24, 2.45) is 0 Å². The molecule has 0 unspecified atom stereocenters. The van der Waals surface area contributed by atoms with Gasteiger partial charge in [-0.15, -0.1) is 0 Å². The first-order valence-electron chi connectivity index (χ1n) is 12.1. The number of anilines is 1. The van der Waals surface area contributed by atoms with E-state index in [9.17, 15) is 9.59 Å². The van der Waals surface area contributed by atoms with Crippen molar-refractivity contribution in [1.29, 1.82) is 0 Å². The Kier molecular flexibility index (Phi) is 10.4. The summed E-state index contributed by atoms with van der Waals surface area (Å²) in [5.74, 6) is 1.73. The second-order valence-electron chi connectivity index (χ2n) is 8.55. The fourth-order valence-electron chi connectivity index (χ4n) is 3.83. The lowest BCUT2D eigenvalue weighted by Crippen LogP contribution is -2.46. The fraction of sp³-hybridized carbons (Fsp3) is 0.357. The lowest BCUT2D eigenvalue weighted by Gasteiger charge is -2.27. The first-order chi connectivity index (χ1) is 17.9. The molecule has 37 heavy (non-hydrogen) atoms. The number of furan rings is 1. The number of carbonyl (C=O) groups is 2. The van der Waals surface area contributed by atoms with Crippen molar-refractivity contribution in [2.45, 2.75) is 19.9 Å². The zero-order chi connectivity index (χ0) is 26.6. The fourth-order valence-corrected chi connectivity index (χ4v) is 3.83. The summed E-state index contributed by atoms with van der Waals surface area (Å²) < 4.78 is 21.4. The van der Waals surface area contributed by atoms with Crippen LogP contribution in [-0.4, -0.2) is 69.3 Å². The van der Waals surface area contributed by atoms with Crippen LogP contribution in [0.15, 0.2) is 65.3 Å². The number of urea groups is 1. The number of aryl methyl sites for hydroxylation is 1. The lowest BCUT2D eigenvalue weighted by atomic mass is 10.1. The minimum atomic E-state index is -0.367. The van der Waals surface area contributed by atoms with E-state index in [2.05, 4.69) is 5.32 Å². The molecule has 1 aromatic heterocycles. The molecule has 3 aromatic rings. The zero-order valence-corrected chi connectivity index (χ0v) is 21.9. The van der Waals surface area contributed by atoms with Crippen LogP contribution >= 0.6 is 0 Å². The third-order valence-electron chi connectivity index (χ3n) is 5.85. The number of nitrogens with one attached hydrogen (secondary N) is 1. The average molecular weight is 510 g/mol. The van der Waals surface area contributed by atoms with E-state index >= 15 is 0 Å². The molecule has 3 amide bonds. The van der Waals surface area contributed by atoms with Crippen LogP contribution in [0.3, 0.4) is 0 Å². The Morgan fingerprint density at radius 2 is 1.73 bits per heavy atom. The van der Waals surface area contributed by atoms with Crippen LogP contribution in [0.25, 0.3) is 0 Å². The Bertz CT molecular complexity index is 1150. The molecular weight excluding hydrogens is 474 g/mol. The predicted octanol–water partition coefficient (Wildman–Crippen LogP) is 4.36. The minimum Gasteiger partial charge on any atom is -0.493 e. The monoisotopic (exact) mass is 509 g/mol. The van der Waals surface area contributed by atoms with E-state index in [1.54, 1.807) is 38.6 Å². The maximum Gasteiger partial charge on any atom is 0.322 e. The van der Waals surface area contributed by atoms with Gasteiger partial charge in [0.1, 0.15) is 12.3 Å². The van der Waals surface area contributed by atoms with E-state index in [0.717, 1.165) is 11.1 Å². The van der Waals surface area contributed by atoms with Crippen molar-refractivity contribution in [3.05, 3.63) is 77.7 Å². The highest BCUT2D eigenvalue weighted by atomic mass is 16.5. The highest BCUT2D eigenvalue weighted by Crippen LogP contribution is 2.27. The van der Waals surface area contributed by atoms with Crippen molar-refractivity contribution in [1.82, 2.24) is 9.80 Å². The zero-order valence-electron chi connectivity index (χ0n) is 21.9. The average Bonchev–Trinajstić information content (AvgIpc) is 3.41. The molecular formula is C28H35N3O6. The number of nitrogens with zero attached hydrogens (tertiary/aromatic N) is 2. The molecule has 0 aliphatic heterocycles. The lowest BCUT2D eigenvalue weighted by molar-refractivity contribution is -0.132. The first-order valence-corrected chi connectivity index (χ1v) is 12.1. The third-order valence-corrected chi connectivity index (χ3v) is 5.85. The van der Waals surface area contributed by atoms with E-state index < -0.39 is 0 Å². The van der Waals surface area contributed by atoms with Crippen molar-refractivity contribution in [2.75, 3.05) is 52.9 Å². The predicted molar refractivity (Wildman–Crippen MR) is 141 cm³/mol. The molecule has 9 nitrogen and oxygen atoms in total. The summed E-state index contributed by atoms with van der Waals surface area (Å²) >= 11 is 0. The number of ether oxygens (including phenoxy) is 3. The minimum absolute atomic E-state index is 0.104. The van der Waals surface area contributed by atoms with Gasteiger partial charge in [0.25, 0.3) is 0 Å². The molecule has 1 N–H and O–H groups in total. The van der Waals surface area contributed by atoms with Crippen LogP contribution in [0.2, 0.25) is 0 Å². The normalized spacial score (nSPS) is 10.6. The van der Waals surface area contributed by atoms with Crippen molar-refractivity contribution >= 4 is 17.6 Å². The van der Waals surface area contributed by atoms with Gasteiger partial charge in [0.15, 0.2) is 11.5 Å². The summed E-state index contributed by atoms with van der Waals surface area (Å²) in [5, 5.41) is 2.88. The van der Waals surface area contributed by atoms with Crippen LogP contribution in [0.5, 0.6) is 11.5 Å². The first kappa shape index (κ1) is 27.6. The van der Waals surface area contributed by atoms with Gasteiger partial charge in [0.05, 0.1) is 33.6 Å². The van der Waals surface area contributed by atoms with Crippen LogP contribution in [-0.2, 0) is 22.5 Å². The van der Waals surface area contributed by atoms with Gasteiger partial charge in [0.2, 0.25) is 5.91 Å². The Hall–Kier alpha value is -3.98. The summed E-state index contributed by atoms with van der Waals surface area (Å²) in [6, 6.07) is 16.4. The topological polar surface area (TPSA) is 93.5 Å². The van der Waals surface area contributed by atoms with E-state index in [0.29, 0.717) is 42.5 Å². The van der Waals surface area contributed by atoms with Gasteiger partial charge >= 0.3 is 6.03 Å². The SMILES string of the molecule is COCCN(CC(=O)N(CCc1ccc(OC)c(OC)c1)Cc1ccco1)C(=O)Nc1cccc(C)c1. The standard InChI is InChI=1S/C28H35N3O6/c1-21-7-5-8-23(17-21)29-28(33)31(14-16-34-2)20-27(32)30(19-24-9-6-15-37-24)13-12-22-10-11-25(35-3)26(18-22)36-4/h5-11,15,17-18H,12-14,16,19-20H2,1-4H3,(H,29,33). The van der Waals surface area contributed by atoms with Gasteiger partial charge < -0.3 is 33.7 Å². The highest BCUT2D eigenvalue weighted by molar-refractivity contribution is 5.92.